The maximum atomic E-state index is 9.88. The van der Waals surface area contributed by atoms with Crippen molar-refractivity contribution in [3.05, 3.63) is 0 Å². The summed E-state index contributed by atoms with van der Waals surface area (Å²) in [5.74, 6) is 0. The molecule has 0 aromatic carbocycles. The van der Waals surface area contributed by atoms with Crippen LogP contribution >= 0.6 is 0 Å². The molecule has 1 rings (SSSR count). The van der Waals surface area contributed by atoms with Gasteiger partial charge in [0.25, 0.3) is 0 Å². The summed E-state index contributed by atoms with van der Waals surface area (Å²) in [6.07, 6.45) is 3.58. The largest absolute Gasteiger partial charge is 0.389 e. The van der Waals surface area contributed by atoms with Crippen molar-refractivity contribution in [2.75, 3.05) is 46.5 Å². The molecule has 0 aromatic heterocycles. The van der Waals surface area contributed by atoms with E-state index < -0.39 is 6.10 Å². The van der Waals surface area contributed by atoms with Gasteiger partial charge in [-0.15, -0.1) is 0 Å². The molecule has 5 nitrogen and oxygen atoms in total. The average molecular weight is 288 g/mol. The fourth-order valence-electron chi connectivity index (χ4n) is 2.55. The zero-order valence-electron chi connectivity index (χ0n) is 13.3. The van der Waals surface area contributed by atoms with Crippen LogP contribution in [0.2, 0.25) is 0 Å². The van der Waals surface area contributed by atoms with Crippen molar-refractivity contribution in [1.82, 2.24) is 10.2 Å². The molecular formula is C15H32N2O3. The van der Waals surface area contributed by atoms with Gasteiger partial charge in [-0.25, -0.2) is 0 Å². The molecule has 5 heteroatoms. The highest BCUT2D eigenvalue weighted by Gasteiger charge is 2.14. The molecule has 1 aliphatic rings. The summed E-state index contributed by atoms with van der Waals surface area (Å²) in [7, 11) is 1.65. The number of methoxy groups -OCH3 is 1. The Hall–Kier alpha value is -0.200. The van der Waals surface area contributed by atoms with Gasteiger partial charge < -0.3 is 24.8 Å². The lowest BCUT2D eigenvalue weighted by atomic mass is 10.1. The number of nitrogens with zero attached hydrogens (tertiary/aromatic N) is 1. The number of nitrogens with one attached hydrogen (secondary N) is 1. The summed E-state index contributed by atoms with van der Waals surface area (Å²) in [5, 5.41) is 13.3. The standard InChI is InChI=1S/C15H32N2O3/c1-13(10-17-7-5-4-6-8-17)16-9-15(18)12-20-14(2)11-19-3/h13-16,18H,4-12H2,1-3H3. The summed E-state index contributed by atoms with van der Waals surface area (Å²) in [6.45, 7) is 9.11. The van der Waals surface area contributed by atoms with Gasteiger partial charge in [0.05, 0.1) is 25.4 Å². The predicted octanol–water partition coefficient (Wildman–Crippen LogP) is 0.863. The van der Waals surface area contributed by atoms with Crippen LogP contribution in [0.15, 0.2) is 0 Å². The first kappa shape index (κ1) is 17.9. The number of ether oxygens (including phenoxy) is 2. The molecule has 3 unspecified atom stereocenters. The second-order valence-corrected chi connectivity index (χ2v) is 5.92. The van der Waals surface area contributed by atoms with E-state index >= 15 is 0 Å². The molecule has 0 spiro atoms. The molecule has 3 atom stereocenters. The van der Waals surface area contributed by atoms with Crippen LogP contribution in [0.5, 0.6) is 0 Å². The van der Waals surface area contributed by atoms with Crippen molar-refractivity contribution in [2.24, 2.45) is 0 Å². The monoisotopic (exact) mass is 288 g/mol. The molecule has 120 valence electrons. The zero-order chi connectivity index (χ0) is 14.8. The zero-order valence-corrected chi connectivity index (χ0v) is 13.3. The maximum absolute atomic E-state index is 9.88. The number of hydrogen-bond acceptors (Lipinski definition) is 5. The van der Waals surface area contributed by atoms with Crippen molar-refractivity contribution < 1.29 is 14.6 Å². The Labute approximate surface area is 123 Å². The normalized spacial score (nSPS) is 21.6. The van der Waals surface area contributed by atoms with Crippen LogP contribution in [0.4, 0.5) is 0 Å². The van der Waals surface area contributed by atoms with Crippen LogP contribution < -0.4 is 5.32 Å². The average Bonchev–Trinajstić information content (AvgIpc) is 2.44. The van der Waals surface area contributed by atoms with E-state index in [0.29, 0.717) is 25.8 Å². The van der Waals surface area contributed by atoms with E-state index in [0.717, 1.165) is 6.54 Å². The molecule has 1 heterocycles. The molecule has 0 radical (unpaired) electrons. The third kappa shape index (κ3) is 8.17. The Morgan fingerprint density at radius 2 is 1.85 bits per heavy atom. The number of rotatable bonds is 10. The van der Waals surface area contributed by atoms with Gasteiger partial charge in [0.1, 0.15) is 0 Å². The van der Waals surface area contributed by atoms with Gasteiger partial charge in [-0.2, -0.15) is 0 Å². The smallest absolute Gasteiger partial charge is 0.0897 e. The van der Waals surface area contributed by atoms with Gasteiger partial charge in [0.15, 0.2) is 0 Å². The second kappa shape index (κ2) is 10.5. The Morgan fingerprint density at radius 3 is 2.50 bits per heavy atom. The van der Waals surface area contributed by atoms with Gasteiger partial charge in [-0.1, -0.05) is 6.42 Å². The Bertz CT molecular complexity index is 235. The molecule has 0 bridgehead atoms. The van der Waals surface area contributed by atoms with Gasteiger partial charge in [0.2, 0.25) is 0 Å². The summed E-state index contributed by atoms with van der Waals surface area (Å²) < 4.78 is 10.5. The first-order chi connectivity index (χ1) is 9.61. The third-order valence-electron chi connectivity index (χ3n) is 3.66. The summed E-state index contributed by atoms with van der Waals surface area (Å²) in [4.78, 5) is 2.50. The highest BCUT2D eigenvalue weighted by atomic mass is 16.5. The fraction of sp³-hybridized carbons (Fsp3) is 1.00. The van der Waals surface area contributed by atoms with Crippen LogP contribution in [0.3, 0.4) is 0 Å². The molecule has 1 aliphatic heterocycles. The maximum Gasteiger partial charge on any atom is 0.0897 e. The predicted molar refractivity (Wildman–Crippen MR) is 81.1 cm³/mol. The Morgan fingerprint density at radius 1 is 1.15 bits per heavy atom. The minimum absolute atomic E-state index is 0.0282. The van der Waals surface area contributed by atoms with E-state index in [9.17, 15) is 5.11 Å². The molecule has 0 saturated carbocycles. The van der Waals surface area contributed by atoms with E-state index in [1.165, 1.54) is 32.4 Å². The Kier molecular flexibility index (Phi) is 9.39. The summed E-state index contributed by atoms with van der Waals surface area (Å²) in [5.41, 5.74) is 0. The molecule has 2 N–H and O–H groups in total. The van der Waals surface area contributed by atoms with Crippen LogP contribution in [-0.4, -0.2) is 74.8 Å². The third-order valence-corrected chi connectivity index (χ3v) is 3.66. The van der Waals surface area contributed by atoms with Crippen molar-refractivity contribution >= 4 is 0 Å². The van der Waals surface area contributed by atoms with Gasteiger partial charge in [-0.05, 0) is 39.8 Å². The van der Waals surface area contributed by atoms with Gasteiger partial charge in [-0.3, -0.25) is 0 Å². The minimum atomic E-state index is -0.460. The van der Waals surface area contributed by atoms with E-state index in [1.807, 2.05) is 6.92 Å². The molecule has 1 fully saturated rings. The van der Waals surface area contributed by atoms with Crippen molar-refractivity contribution in [3.8, 4) is 0 Å². The lowest BCUT2D eigenvalue weighted by molar-refractivity contribution is -0.0316. The van der Waals surface area contributed by atoms with Crippen molar-refractivity contribution in [1.29, 1.82) is 0 Å². The highest BCUT2D eigenvalue weighted by molar-refractivity contribution is 4.72. The molecule has 0 amide bonds. The first-order valence-electron chi connectivity index (χ1n) is 7.86. The van der Waals surface area contributed by atoms with E-state index in [2.05, 4.69) is 17.1 Å². The van der Waals surface area contributed by atoms with Crippen LogP contribution in [0.25, 0.3) is 0 Å². The van der Waals surface area contributed by atoms with E-state index in [4.69, 9.17) is 9.47 Å². The SMILES string of the molecule is COCC(C)OCC(O)CNC(C)CN1CCCCC1. The lowest BCUT2D eigenvalue weighted by Crippen LogP contribution is -2.44. The molecule has 20 heavy (non-hydrogen) atoms. The quantitative estimate of drug-likeness (QED) is 0.624. The van der Waals surface area contributed by atoms with Crippen molar-refractivity contribution in [2.45, 2.75) is 51.4 Å². The number of aliphatic hydroxyl groups is 1. The van der Waals surface area contributed by atoms with Crippen LogP contribution in [0, 0.1) is 0 Å². The summed E-state index contributed by atoms with van der Waals surface area (Å²) >= 11 is 0. The summed E-state index contributed by atoms with van der Waals surface area (Å²) in [6, 6.07) is 0.402. The van der Waals surface area contributed by atoms with E-state index in [-0.39, 0.29) is 6.10 Å². The first-order valence-corrected chi connectivity index (χ1v) is 7.86. The van der Waals surface area contributed by atoms with E-state index in [1.54, 1.807) is 7.11 Å². The fourth-order valence-corrected chi connectivity index (χ4v) is 2.55. The van der Waals surface area contributed by atoms with Crippen LogP contribution in [-0.2, 0) is 9.47 Å². The molecule has 0 aromatic rings. The number of piperidine rings is 1. The van der Waals surface area contributed by atoms with Crippen molar-refractivity contribution in [3.63, 3.8) is 0 Å². The minimum Gasteiger partial charge on any atom is -0.389 e. The number of hydrogen-bond donors (Lipinski definition) is 2. The molecular weight excluding hydrogens is 256 g/mol. The molecule has 0 aliphatic carbocycles. The Balaban J connectivity index is 2.05. The van der Waals surface area contributed by atoms with Gasteiger partial charge >= 0.3 is 0 Å². The van der Waals surface area contributed by atoms with Crippen LogP contribution in [0.1, 0.15) is 33.1 Å². The molecule has 1 saturated heterocycles. The van der Waals surface area contributed by atoms with Gasteiger partial charge in [0, 0.05) is 26.2 Å². The number of aliphatic hydroxyl groups excluding tert-OH is 1. The second-order valence-electron chi connectivity index (χ2n) is 5.92. The number of likely N-dealkylation sites (tertiary alicyclic amines) is 1. The topological polar surface area (TPSA) is 54.0 Å². The highest BCUT2D eigenvalue weighted by Crippen LogP contribution is 2.08. The lowest BCUT2D eigenvalue weighted by Gasteiger charge is -2.29.